The second-order valence-corrected chi connectivity index (χ2v) is 10.4. The minimum atomic E-state index is -0.688. The first-order valence-electron chi connectivity index (χ1n) is 14.3. The summed E-state index contributed by atoms with van der Waals surface area (Å²) in [4.78, 5) is 30.4. The summed E-state index contributed by atoms with van der Waals surface area (Å²) in [5.74, 6) is 0.373. The number of Topliss-reactive ketones (excluding diaryl/α,β-unsaturated/α-hetero) is 1. The zero-order chi connectivity index (χ0) is 28.4. The number of amides is 1. The van der Waals surface area contributed by atoms with E-state index >= 15 is 0 Å². The normalized spacial score (nSPS) is 16.9. The first kappa shape index (κ1) is 30.2. The molecule has 0 radical (unpaired) electrons. The van der Waals surface area contributed by atoms with Crippen LogP contribution in [0.5, 0.6) is 11.5 Å². The Morgan fingerprint density at radius 2 is 1.54 bits per heavy atom. The van der Waals surface area contributed by atoms with E-state index in [2.05, 4.69) is 39.5 Å². The number of likely N-dealkylation sites (N-methyl/N-ethyl adjacent to an activating group) is 1. The molecular formula is C32H44N2O5. The molecule has 1 saturated heterocycles. The Morgan fingerprint density at radius 1 is 0.923 bits per heavy atom. The van der Waals surface area contributed by atoms with E-state index in [9.17, 15) is 14.7 Å². The van der Waals surface area contributed by atoms with Crippen LogP contribution in [-0.2, 0) is 9.59 Å². The quantitative estimate of drug-likeness (QED) is 0.129. The summed E-state index contributed by atoms with van der Waals surface area (Å²) in [6.07, 6.45) is 3.23. The maximum absolute atomic E-state index is 13.3. The van der Waals surface area contributed by atoms with Gasteiger partial charge in [0.2, 0.25) is 0 Å². The molecule has 0 bridgehead atoms. The molecule has 1 heterocycles. The zero-order valence-corrected chi connectivity index (χ0v) is 24.1. The number of rotatable bonds is 15. The smallest absolute Gasteiger partial charge is 0.295 e. The van der Waals surface area contributed by atoms with Crippen LogP contribution in [0, 0.1) is 5.92 Å². The summed E-state index contributed by atoms with van der Waals surface area (Å²) in [6.45, 7) is 14.4. The predicted molar refractivity (Wildman–Crippen MR) is 155 cm³/mol. The molecule has 2 aromatic rings. The van der Waals surface area contributed by atoms with Crippen molar-refractivity contribution in [3.05, 3.63) is 65.2 Å². The molecule has 0 aliphatic carbocycles. The molecule has 1 aliphatic heterocycles. The average molecular weight is 537 g/mol. The number of ketones is 1. The summed E-state index contributed by atoms with van der Waals surface area (Å²) >= 11 is 0. The van der Waals surface area contributed by atoms with Crippen LogP contribution in [0.2, 0.25) is 0 Å². The highest BCUT2D eigenvalue weighted by atomic mass is 16.5. The number of unbranched alkanes of at least 4 members (excludes halogenated alkanes) is 2. The van der Waals surface area contributed by atoms with Gasteiger partial charge in [-0.15, -0.1) is 0 Å². The number of ether oxygens (including phenoxy) is 2. The van der Waals surface area contributed by atoms with Gasteiger partial charge in [0.1, 0.15) is 17.3 Å². The van der Waals surface area contributed by atoms with Gasteiger partial charge < -0.3 is 24.4 Å². The average Bonchev–Trinajstić information content (AvgIpc) is 3.20. The maximum atomic E-state index is 13.3. The van der Waals surface area contributed by atoms with E-state index in [1.165, 1.54) is 0 Å². The van der Waals surface area contributed by atoms with Crippen molar-refractivity contribution in [2.24, 2.45) is 5.92 Å². The van der Waals surface area contributed by atoms with E-state index in [0.29, 0.717) is 43.5 Å². The van der Waals surface area contributed by atoms with Gasteiger partial charge >= 0.3 is 0 Å². The summed E-state index contributed by atoms with van der Waals surface area (Å²) in [5.41, 5.74) is 1.33. The first-order valence-corrected chi connectivity index (χ1v) is 14.3. The number of hydrogen-bond acceptors (Lipinski definition) is 6. The number of benzene rings is 2. The van der Waals surface area contributed by atoms with Crippen molar-refractivity contribution in [3.63, 3.8) is 0 Å². The SMILES string of the molecule is CCCCCOc1ccc(C2C(=C(O)c3ccc(OCC(C)C)cc3)C(=O)C(=O)N2CCN(CC)CC)cc1. The summed E-state index contributed by atoms with van der Waals surface area (Å²) in [7, 11) is 0. The third-order valence-electron chi connectivity index (χ3n) is 7.02. The molecule has 3 rings (SSSR count). The van der Waals surface area contributed by atoms with E-state index in [1.807, 2.05) is 24.3 Å². The molecule has 7 nitrogen and oxygen atoms in total. The first-order chi connectivity index (χ1) is 18.8. The molecule has 39 heavy (non-hydrogen) atoms. The minimum Gasteiger partial charge on any atom is -0.507 e. The summed E-state index contributed by atoms with van der Waals surface area (Å²) < 4.78 is 11.6. The lowest BCUT2D eigenvalue weighted by Gasteiger charge is -2.28. The second kappa shape index (κ2) is 14.7. The van der Waals surface area contributed by atoms with E-state index in [4.69, 9.17) is 9.47 Å². The largest absolute Gasteiger partial charge is 0.507 e. The fourth-order valence-corrected chi connectivity index (χ4v) is 4.66. The lowest BCUT2D eigenvalue weighted by Crippen LogP contribution is -2.38. The van der Waals surface area contributed by atoms with Crippen LogP contribution >= 0.6 is 0 Å². The van der Waals surface area contributed by atoms with Crippen LogP contribution in [0.15, 0.2) is 54.1 Å². The molecule has 212 valence electrons. The molecule has 1 unspecified atom stereocenters. The highest BCUT2D eigenvalue weighted by Crippen LogP contribution is 2.40. The fourth-order valence-electron chi connectivity index (χ4n) is 4.66. The molecule has 1 amide bonds. The highest BCUT2D eigenvalue weighted by Gasteiger charge is 2.46. The Hall–Kier alpha value is -3.32. The van der Waals surface area contributed by atoms with Gasteiger partial charge in [-0.2, -0.15) is 0 Å². The number of aliphatic hydroxyl groups excluding tert-OH is 1. The van der Waals surface area contributed by atoms with Gasteiger partial charge in [0.15, 0.2) is 0 Å². The highest BCUT2D eigenvalue weighted by molar-refractivity contribution is 6.46. The van der Waals surface area contributed by atoms with Crippen LogP contribution in [-0.4, -0.2) is 66.0 Å². The molecule has 1 N–H and O–H groups in total. The minimum absolute atomic E-state index is 0.104. The molecule has 0 saturated carbocycles. The van der Waals surface area contributed by atoms with Crippen molar-refractivity contribution in [2.45, 2.75) is 59.9 Å². The van der Waals surface area contributed by atoms with E-state index in [-0.39, 0.29) is 11.3 Å². The van der Waals surface area contributed by atoms with E-state index in [1.54, 1.807) is 29.2 Å². The number of nitrogens with zero attached hydrogens (tertiary/aromatic N) is 2. The lowest BCUT2D eigenvalue weighted by atomic mass is 9.95. The number of hydrogen-bond donors (Lipinski definition) is 1. The standard InChI is InChI=1S/C32H44N2O5/c1-6-9-10-21-38-26-15-11-24(12-16-26)29-28(31(36)32(37)34(29)20-19-33(7-2)8-3)30(35)25-13-17-27(18-14-25)39-22-23(4)5/h11-18,23,29,35H,6-10,19-22H2,1-5H3. The van der Waals surface area contributed by atoms with E-state index < -0.39 is 17.7 Å². The molecule has 1 atom stereocenters. The third-order valence-corrected chi connectivity index (χ3v) is 7.02. The summed E-state index contributed by atoms with van der Waals surface area (Å²) in [6, 6.07) is 13.8. The molecule has 1 fully saturated rings. The van der Waals surface area contributed by atoms with Crippen molar-refractivity contribution in [1.82, 2.24) is 9.80 Å². The molecule has 2 aromatic carbocycles. The second-order valence-electron chi connectivity index (χ2n) is 10.4. The van der Waals surface area contributed by atoms with Gasteiger partial charge in [0.25, 0.3) is 11.7 Å². The van der Waals surface area contributed by atoms with Crippen LogP contribution in [0.4, 0.5) is 0 Å². The number of likely N-dealkylation sites (tertiary alicyclic amines) is 1. The fraction of sp³-hybridized carbons (Fsp3) is 0.500. The van der Waals surface area contributed by atoms with Crippen molar-refractivity contribution in [1.29, 1.82) is 0 Å². The van der Waals surface area contributed by atoms with Gasteiger partial charge in [-0.1, -0.05) is 59.6 Å². The third kappa shape index (κ3) is 7.85. The van der Waals surface area contributed by atoms with E-state index in [0.717, 1.165) is 43.7 Å². The van der Waals surface area contributed by atoms with Gasteiger partial charge in [-0.05, 0) is 67.4 Å². The Kier molecular flexibility index (Phi) is 11.4. The van der Waals surface area contributed by atoms with Crippen LogP contribution < -0.4 is 9.47 Å². The van der Waals surface area contributed by atoms with Crippen molar-refractivity contribution < 1.29 is 24.2 Å². The predicted octanol–water partition coefficient (Wildman–Crippen LogP) is 6.05. The Morgan fingerprint density at radius 3 is 2.13 bits per heavy atom. The Labute approximate surface area is 233 Å². The molecule has 0 aromatic heterocycles. The van der Waals surface area contributed by atoms with Crippen molar-refractivity contribution in [2.75, 3.05) is 39.4 Å². The van der Waals surface area contributed by atoms with Crippen molar-refractivity contribution in [3.8, 4) is 11.5 Å². The van der Waals surface area contributed by atoms with Gasteiger partial charge in [-0.25, -0.2) is 0 Å². The molecule has 0 spiro atoms. The van der Waals surface area contributed by atoms with Crippen LogP contribution in [0.3, 0.4) is 0 Å². The van der Waals surface area contributed by atoms with Gasteiger partial charge in [0.05, 0.1) is 24.8 Å². The van der Waals surface area contributed by atoms with Gasteiger partial charge in [-0.3, -0.25) is 9.59 Å². The molecule has 7 heteroatoms. The monoisotopic (exact) mass is 536 g/mol. The Balaban J connectivity index is 1.95. The van der Waals surface area contributed by atoms with Crippen LogP contribution in [0.1, 0.15) is 71.0 Å². The maximum Gasteiger partial charge on any atom is 0.295 e. The zero-order valence-electron chi connectivity index (χ0n) is 24.1. The Bertz CT molecular complexity index is 1100. The van der Waals surface area contributed by atoms with Gasteiger partial charge in [0, 0.05) is 18.7 Å². The lowest BCUT2D eigenvalue weighted by molar-refractivity contribution is -0.140. The number of aliphatic hydroxyl groups is 1. The van der Waals surface area contributed by atoms with Crippen molar-refractivity contribution >= 4 is 17.4 Å². The molecule has 1 aliphatic rings. The molecular weight excluding hydrogens is 492 g/mol. The number of carbonyl (C=O) groups excluding carboxylic acids is 2. The summed E-state index contributed by atoms with van der Waals surface area (Å²) in [5, 5.41) is 11.4. The number of carbonyl (C=O) groups is 2. The topological polar surface area (TPSA) is 79.3 Å². The van der Waals surface area contributed by atoms with Crippen LogP contribution in [0.25, 0.3) is 5.76 Å².